The Balaban J connectivity index is 1.72. The highest BCUT2D eigenvalue weighted by molar-refractivity contribution is 5.68. The number of rotatable bonds is 5. The van der Waals surface area contributed by atoms with E-state index < -0.39 is 0 Å². The van der Waals surface area contributed by atoms with Gasteiger partial charge in [-0.1, -0.05) is 18.2 Å². The van der Waals surface area contributed by atoms with Crippen molar-refractivity contribution in [1.82, 2.24) is 9.97 Å². The number of hydrogen-bond donors (Lipinski definition) is 1. The number of benzene rings is 2. The summed E-state index contributed by atoms with van der Waals surface area (Å²) in [5.74, 6) is 1.04. The molecule has 4 nitrogen and oxygen atoms in total. The maximum Gasteiger partial charge on any atom is 0.227 e. The zero-order chi connectivity index (χ0) is 16.8. The lowest BCUT2D eigenvalue weighted by atomic mass is 10.2. The van der Waals surface area contributed by atoms with Crippen molar-refractivity contribution >= 4 is 23.8 Å². The zero-order valence-corrected chi connectivity index (χ0v) is 13.1. The van der Waals surface area contributed by atoms with E-state index in [-0.39, 0.29) is 5.82 Å². The summed E-state index contributed by atoms with van der Waals surface area (Å²) >= 11 is 0. The number of hydrogen-bond acceptors (Lipinski definition) is 4. The minimum absolute atomic E-state index is 0.250. The summed E-state index contributed by atoms with van der Waals surface area (Å²) in [6.07, 6.45) is 5.41. The summed E-state index contributed by atoms with van der Waals surface area (Å²) in [6.45, 7) is 0. The summed E-state index contributed by atoms with van der Waals surface area (Å²) in [5.41, 5.74) is 2.53. The molecular weight excluding hydrogens is 305 g/mol. The number of aromatic nitrogens is 2. The van der Waals surface area contributed by atoms with Gasteiger partial charge in [0.2, 0.25) is 5.95 Å². The van der Waals surface area contributed by atoms with Gasteiger partial charge in [-0.25, -0.2) is 14.4 Å². The van der Waals surface area contributed by atoms with Crippen LogP contribution in [-0.2, 0) is 0 Å². The Hall–Kier alpha value is -3.21. The number of ether oxygens (including phenoxy) is 1. The van der Waals surface area contributed by atoms with Crippen molar-refractivity contribution < 1.29 is 9.13 Å². The molecular formula is C19H16FN3O. The van der Waals surface area contributed by atoms with E-state index in [0.717, 1.165) is 22.7 Å². The lowest BCUT2D eigenvalue weighted by Crippen LogP contribution is -1.97. The molecule has 24 heavy (non-hydrogen) atoms. The molecule has 0 unspecified atom stereocenters. The SMILES string of the molecule is COc1ccc(Nc2nccc(/C=C/c3ccc(F)cc3)n2)cc1. The molecule has 1 aromatic heterocycles. The van der Waals surface area contributed by atoms with Crippen molar-refractivity contribution in [2.45, 2.75) is 0 Å². The molecule has 0 aliphatic carbocycles. The van der Waals surface area contributed by atoms with Gasteiger partial charge in [0, 0.05) is 11.9 Å². The minimum atomic E-state index is -0.250. The second-order valence-electron chi connectivity index (χ2n) is 5.04. The molecule has 0 saturated carbocycles. The predicted octanol–water partition coefficient (Wildman–Crippen LogP) is 4.54. The van der Waals surface area contributed by atoms with Crippen molar-refractivity contribution in [3.8, 4) is 5.75 Å². The molecule has 5 heteroatoms. The summed E-state index contributed by atoms with van der Waals surface area (Å²) < 4.78 is 18.0. The van der Waals surface area contributed by atoms with E-state index in [4.69, 9.17) is 4.74 Å². The quantitative estimate of drug-likeness (QED) is 0.749. The number of halogens is 1. The molecule has 0 bridgehead atoms. The molecule has 0 saturated heterocycles. The van der Waals surface area contributed by atoms with Crippen molar-refractivity contribution in [2.75, 3.05) is 12.4 Å². The maximum atomic E-state index is 12.9. The predicted molar refractivity (Wildman–Crippen MR) is 93.6 cm³/mol. The first-order valence-electron chi connectivity index (χ1n) is 7.41. The largest absolute Gasteiger partial charge is 0.497 e. The van der Waals surface area contributed by atoms with Crippen LogP contribution in [0.1, 0.15) is 11.3 Å². The highest BCUT2D eigenvalue weighted by atomic mass is 19.1. The molecule has 3 aromatic rings. The van der Waals surface area contributed by atoms with Crippen molar-refractivity contribution in [1.29, 1.82) is 0 Å². The zero-order valence-electron chi connectivity index (χ0n) is 13.1. The molecule has 0 radical (unpaired) electrons. The third-order valence-electron chi connectivity index (χ3n) is 3.34. The van der Waals surface area contributed by atoms with Crippen LogP contribution in [0.5, 0.6) is 5.75 Å². The summed E-state index contributed by atoms with van der Waals surface area (Å²) in [6, 6.07) is 15.6. The number of anilines is 2. The lowest BCUT2D eigenvalue weighted by molar-refractivity contribution is 0.415. The fourth-order valence-electron chi connectivity index (χ4n) is 2.08. The Morgan fingerprint density at radius 3 is 2.42 bits per heavy atom. The van der Waals surface area contributed by atoms with Gasteiger partial charge in [0.25, 0.3) is 0 Å². The monoisotopic (exact) mass is 321 g/mol. The van der Waals surface area contributed by atoms with E-state index in [0.29, 0.717) is 5.95 Å². The first-order chi connectivity index (χ1) is 11.7. The molecule has 0 aliphatic heterocycles. The molecule has 2 aromatic carbocycles. The second kappa shape index (κ2) is 7.37. The van der Waals surface area contributed by atoms with Gasteiger partial charge in [-0.3, -0.25) is 0 Å². The van der Waals surface area contributed by atoms with Gasteiger partial charge in [-0.2, -0.15) is 0 Å². The van der Waals surface area contributed by atoms with Crippen LogP contribution in [0, 0.1) is 5.82 Å². The summed E-state index contributed by atoms with van der Waals surface area (Å²) in [5, 5.41) is 3.14. The van der Waals surface area contributed by atoms with Crippen LogP contribution in [0.15, 0.2) is 60.8 Å². The molecule has 3 rings (SSSR count). The third-order valence-corrected chi connectivity index (χ3v) is 3.34. The average molecular weight is 321 g/mol. The second-order valence-corrected chi connectivity index (χ2v) is 5.04. The average Bonchev–Trinajstić information content (AvgIpc) is 2.62. The van der Waals surface area contributed by atoms with E-state index in [1.165, 1.54) is 12.1 Å². The van der Waals surface area contributed by atoms with E-state index in [1.807, 2.05) is 36.4 Å². The van der Waals surface area contributed by atoms with Gasteiger partial charge < -0.3 is 10.1 Å². The molecule has 0 amide bonds. The third kappa shape index (κ3) is 4.16. The standard InChI is InChI=1S/C19H16FN3O/c1-24-18-10-8-16(9-11-18)22-19-21-13-12-17(23-19)7-4-14-2-5-15(20)6-3-14/h2-13H,1H3,(H,21,22,23)/b7-4+. The Morgan fingerprint density at radius 1 is 0.958 bits per heavy atom. The van der Waals surface area contributed by atoms with Crippen molar-refractivity contribution in [3.63, 3.8) is 0 Å². The van der Waals surface area contributed by atoms with E-state index in [2.05, 4.69) is 15.3 Å². The molecule has 1 N–H and O–H groups in total. The Labute approximate surface area is 139 Å². The number of nitrogens with zero attached hydrogens (tertiary/aromatic N) is 2. The van der Waals surface area contributed by atoms with Gasteiger partial charge >= 0.3 is 0 Å². The normalized spacial score (nSPS) is 10.8. The van der Waals surface area contributed by atoms with Crippen LogP contribution >= 0.6 is 0 Å². The van der Waals surface area contributed by atoms with Gasteiger partial charge in [0.1, 0.15) is 11.6 Å². The highest BCUT2D eigenvalue weighted by Gasteiger charge is 1.99. The van der Waals surface area contributed by atoms with E-state index >= 15 is 0 Å². The molecule has 0 spiro atoms. The van der Waals surface area contributed by atoms with Crippen LogP contribution in [0.25, 0.3) is 12.2 Å². The van der Waals surface area contributed by atoms with Crippen LogP contribution in [0.4, 0.5) is 16.0 Å². The van der Waals surface area contributed by atoms with Crippen LogP contribution < -0.4 is 10.1 Å². The lowest BCUT2D eigenvalue weighted by Gasteiger charge is -2.06. The Morgan fingerprint density at radius 2 is 1.71 bits per heavy atom. The van der Waals surface area contributed by atoms with Crippen LogP contribution in [-0.4, -0.2) is 17.1 Å². The van der Waals surface area contributed by atoms with Gasteiger partial charge in [0.05, 0.1) is 12.8 Å². The fraction of sp³-hybridized carbons (Fsp3) is 0.0526. The van der Waals surface area contributed by atoms with Crippen molar-refractivity contribution in [2.24, 2.45) is 0 Å². The van der Waals surface area contributed by atoms with Crippen LogP contribution in [0.3, 0.4) is 0 Å². The highest BCUT2D eigenvalue weighted by Crippen LogP contribution is 2.18. The fourth-order valence-corrected chi connectivity index (χ4v) is 2.08. The molecule has 0 aliphatic rings. The minimum Gasteiger partial charge on any atom is -0.497 e. The molecule has 120 valence electrons. The number of nitrogens with one attached hydrogen (secondary N) is 1. The Kier molecular flexibility index (Phi) is 4.81. The van der Waals surface area contributed by atoms with Gasteiger partial charge in [-0.15, -0.1) is 0 Å². The van der Waals surface area contributed by atoms with E-state index in [1.54, 1.807) is 31.5 Å². The smallest absolute Gasteiger partial charge is 0.227 e. The molecule has 0 atom stereocenters. The topological polar surface area (TPSA) is 47.0 Å². The summed E-state index contributed by atoms with van der Waals surface area (Å²) in [4.78, 5) is 8.64. The maximum absolute atomic E-state index is 12.9. The van der Waals surface area contributed by atoms with Crippen LogP contribution in [0.2, 0.25) is 0 Å². The first kappa shape index (κ1) is 15.7. The van der Waals surface area contributed by atoms with Gasteiger partial charge in [0.15, 0.2) is 0 Å². The first-order valence-corrected chi connectivity index (χ1v) is 7.41. The Bertz CT molecular complexity index is 830. The molecule has 0 fully saturated rings. The van der Waals surface area contributed by atoms with E-state index in [9.17, 15) is 4.39 Å². The summed E-state index contributed by atoms with van der Waals surface area (Å²) in [7, 11) is 1.63. The van der Waals surface area contributed by atoms with Crippen molar-refractivity contribution in [3.05, 3.63) is 77.9 Å². The number of methoxy groups -OCH3 is 1. The molecule has 1 heterocycles. The van der Waals surface area contributed by atoms with Gasteiger partial charge in [-0.05, 0) is 54.1 Å².